The molecule has 0 aliphatic heterocycles. The molecule has 15 heavy (non-hydrogen) atoms. The molecule has 1 N–H and O–H groups in total. The van der Waals surface area contributed by atoms with E-state index in [2.05, 4.69) is 57.0 Å². The van der Waals surface area contributed by atoms with Crippen molar-refractivity contribution in [2.45, 2.75) is 34.6 Å². The molecule has 0 aromatic heterocycles. The summed E-state index contributed by atoms with van der Waals surface area (Å²) in [5.41, 5.74) is 6.26. The summed E-state index contributed by atoms with van der Waals surface area (Å²) in [5, 5.41) is 3.70. The van der Waals surface area contributed by atoms with Crippen molar-refractivity contribution in [1.82, 2.24) is 5.43 Å². The maximum absolute atomic E-state index is 3.70. The molecule has 2 heteroatoms. The second-order valence-corrected chi connectivity index (χ2v) is 3.58. The molecule has 0 saturated carbocycles. The number of nitrogens with one attached hydrogen (secondary N) is 1. The fraction of sp³-hybridized carbons (Fsp3) is 0.462. The number of rotatable bonds is 3. The van der Waals surface area contributed by atoms with Gasteiger partial charge in [-0.25, -0.2) is 0 Å². The highest BCUT2D eigenvalue weighted by Gasteiger charge is 1.77. The number of allylic oxidation sites excluding steroid dienone is 5. The predicted molar refractivity (Wildman–Crippen MR) is 71.2 cm³/mol. The molecular formula is C13H24N2. The van der Waals surface area contributed by atoms with E-state index >= 15 is 0 Å². The molecule has 0 aromatic carbocycles. The van der Waals surface area contributed by atoms with Crippen LogP contribution in [0.15, 0.2) is 40.6 Å². The minimum Gasteiger partial charge on any atom is -0.313 e. The van der Waals surface area contributed by atoms with Crippen LogP contribution in [0.25, 0.3) is 0 Å². The molecule has 0 bridgehead atoms. The van der Waals surface area contributed by atoms with Gasteiger partial charge in [-0.05, 0) is 40.2 Å². The Bertz CT molecular complexity index is 254. The molecular weight excluding hydrogens is 184 g/mol. The van der Waals surface area contributed by atoms with Crippen LogP contribution in [-0.4, -0.2) is 13.3 Å². The Morgan fingerprint density at radius 1 is 1.20 bits per heavy atom. The predicted octanol–water partition coefficient (Wildman–Crippen LogP) is 3.69. The zero-order valence-corrected chi connectivity index (χ0v) is 10.9. The van der Waals surface area contributed by atoms with E-state index in [1.165, 1.54) is 11.1 Å². The second-order valence-electron chi connectivity index (χ2n) is 3.58. The first-order valence-electron chi connectivity index (χ1n) is 5.07. The summed E-state index contributed by atoms with van der Waals surface area (Å²) >= 11 is 0. The van der Waals surface area contributed by atoms with Gasteiger partial charge in [0.1, 0.15) is 0 Å². The van der Waals surface area contributed by atoms with E-state index in [1.54, 1.807) is 13.3 Å². The van der Waals surface area contributed by atoms with Gasteiger partial charge in [0.25, 0.3) is 0 Å². The van der Waals surface area contributed by atoms with Crippen molar-refractivity contribution in [2.24, 2.45) is 5.10 Å². The van der Waals surface area contributed by atoms with Crippen molar-refractivity contribution >= 4 is 6.21 Å². The minimum atomic E-state index is 0.953. The van der Waals surface area contributed by atoms with Crippen LogP contribution in [0.4, 0.5) is 0 Å². The number of hydrazone groups is 1. The third-order valence-electron chi connectivity index (χ3n) is 1.39. The van der Waals surface area contributed by atoms with Crippen molar-refractivity contribution < 1.29 is 0 Å². The van der Waals surface area contributed by atoms with E-state index in [0.29, 0.717) is 0 Å². The topological polar surface area (TPSA) is 24.4 Å². The summed E-state index contributed by atoms with van der Waals surface area (Å²) in [6.07, 6.45) is 5.94. The zero-order chi connectivity index (χ0) is 12.3. The van der Waals surface area contributed by atoms with Crippen LogP contribution in [0.1, 0.15) is 34.6 Å². The summed E-state index contributed by atoms with van der Waals surface area (Å²) in [4.78, 5) is 0. The molecule has 0 aliphatic rings. The lowest BCUT2D eigenvalue weighted by molar-refractivity contribution is 0.907. The average molecular weight is 208 g/mol. The molecule has 0 rings (SSSR count). The van der Waals surface area contributed by atoms with Gasteiger partial charge in [0.2, 0.25) is 0 Å². The SMILES string of the molecule is C/C=C(/C)C=C(C)C.C=C(C)/C=N\NC. The summed E-state index contributed by atoms with van der Waals surface area (Å²) in [7, 11) is 1.75. The highest BCUT2D eigenvalue weighted by Crippen LogP contribution is 1.98. The Labute approximate surface area is 94.5 Å². The van der Waals surface area contributed by atoms with Gasteiger partial charge in [0, 0.05) is 13.3 Å². The monoisotopic (exact) mass is 208 g/mol. The molecule has 0 saturated heterocycles. The Morgan fingerprint density at radius 2 is 1.73 bits per heavy atom. The maximum Gasteiger partial charge on any atom is 0.0491 e. The fourth-order valence-electron chi connectivity index (χ4n) is 0.713. The van der Waals surface area contributed by atoms with E-state index in [-0.39, 0.29) is 0 Å². The summed E-state index contributed by atoms with van der Waals surface area (Å²) in [6, 6.07) is 0. The molecule has 2 nitrogen and oxygen atoms in total. The Kier molecular flexibility index (Phi) is 11.6. The van der Waals surface area contributed by atoms with Crippen LogP contribution in [0, 0.1) is 0 Å². The first-order valence-corrected chi connectivity index (χ1v) is 5.07. The lowest BCUT2D eigenvalue weighted by Crippen LogP contribution is -1.93. The fourth-order valence-corrected chi connectivity index (χ4v) is 0.713. The van der Waals surface area contributed by atoms with Crippen LogP contribution >= 0.6 is 0 Å². The van der Waals surface area contributed by atoms with Gasteiger partial charge in [0.15, 0.2) is 0 Å². The van der Waals surface area contributed by atoms with Gasteiger partial charge in [-0.15, -0.1) is 0 Å². The average Bonchev–Trinajstić information content (AvgIpc) is 2.14. The first-order chi connectivity index (χ1) is 6.93. The summed E-state index contributed by atoms with van der Waals surface area (Å²) in [6.45, 7) is 13.9. The van der Waals surface area contributed by atoms with Crippen molar-refractivity contribution in [3.8, 4) is 0 Å². The molecule has 0 aromatic rings. The third kappa shape index (κ3) is 19.2. The molecule has 86 valence electrons. The third-order valence-corrected chi connectivity index (χ3v) is 1.39. The number of nitrogens with zero attached hydrogens (tertiary/aromatic N) is 1. The molecule has 0 radical (unpaired) electrons. The number of hydrogen-bond donors (Lipinski definition) is 1. The summed E-state index contributed by atoms with van der Waals surface area (Å²) < 4.78 is 0. The van der Waals surface area contributed by atoms with E-state index in [9.17, 15) is 0 Å². The molecule has 0 aliphatic carbocycles. The first kappa shape index (κ1) is 16.1. The molecule has 0 spiro atoms. The van der Waals surface area contributed by atoms with E-state index < -0.39 is 0 Å². The highest BCUT2D eigenvalue weighted by atomic mass is 15.3. The lowest BCUT2D eigenvalue weighted by Gasteiger charge is -1.88. The normalized spacial score (nSPS) is 10.4. The molecule has 0 heterocycles. The van der Waals surface area contributed by atoms with Crippen LogP contribution in [0.3, 0.4) is 0 Å². The van der Waals surface area contributed by atoms with Crippen molar-refractivity contribution in [3.05, 3.63) is 35.5 Å². The van der Waals surface area contributed by atoms with E-state index in [1.807, 2.05) is 6.92 Å². The van der Waals surface area contributed by atoms with Crippen LogP contribution in [-0.2, 0) is 0 Å². The van der Waals surface area contributed by atoms with Gasteiger partial charge >= 0.3 is 0 Å². The molecule has 0 fully saturated rings. The van der Waals surface area contributed by atoms with Gasteiger partial charge < -0.3 is 5.43 Å². The largest absolute Gasteiger partial charge is 0.313 e. The van der Waals surface area contributed by atoms with Gasteiger partial charge in [0.05, 0.1) is 0 Å². The van der Waals surface area contributed by atoms with Gasteiger partial charge in [-0.3, -0.25) is 0 Å². The van der Waals surface area contributed by atoms with E-state index in [4.69, 9.17) is 0 Å². The van der Waals surface area contributed by atoms with Crippen LogP contribution in [0.2, 0.25) is 0 Å². The maximum atomic E-state index is 3.70. The quantitative estimate of drug-likeness (QED) is 0.427. The van der Waals surface area contributed by atoms with Gasteiger partial charge in [-0.1, -0.05) is 29.9 Å². The van der Waals surface area contributed by atoms with Crippen LogP contribution in [0.5, 0.6) is 0 Å². The molecule has 0 unspecified atom stereocenters. The van der Waals surface area contributed by atoms with Gasteiger partial charge in [-0.2, -0.15) is 5.10 Å². The molecule has 0 amide bonds. The Hall–Kier alpha value is -1.31. The standard InChI is InChI=1S/C8H14.C5H10N2/c1-5-8(4)6-7(2)3;1-5(2)4-7-6-3/h5-6H,1-4H3;4,6H,1H2,2-3H3/b8-5-;7-4-. The highest BCUT2D eigenvalue weighted by molar-refractivity contribution is 5.76. The summed E-state index contributed by atoms with van der Waals surface area (Å²) in [5.74, 6) is 0. The molecule has 0 atom stereocenters. The van der Waals surface area contributed by atoms with Crippen molar-refractivity contribution in [1.29, 1.82) is 0 Å². The van der Waals surface area contributed by atoms with Crippen LogP contribution < -0.4 is 5.43 Å². The number of hydrogen-bond acceptors (Lipinski definition) is 2. The van der Waals surface area contributed by atoms with Crippen molar-refractivity contribution in [2.75, 3.05) is 7.05 Å². The van der Waals surface area contributed by atoms with Crippen molar-refractivity contribution in [3.63, 3.8) is 0 Å². The minimum absolute atomic E-state index is 0.953. The zero-order valence-electron chi connectivity index (χ0n) is 10.9. The smallest absolute Gasteiger partial charge is 0.0491 e. The van der Waals surface area contributed by atoms with E-state index in [0.717, 1.165) is 5.57 Å². The lowest BCUT2D eigenvalue weighted by atomic mass is 10.2. The Balaban J connectivity index is 0. The Morgan fingerprint density at radius 3 is 1.87 bits per heavy atom. The second kappa shape index (κ2) is 10.8.